The maximum absolute atomic E-state index is 12.6. The molecule has 7 heteroatoms. The summed E-state index contributed by atoms with van der Waals surface area (Å²) in [5.41, 5.74) is 1.21. The van der Waals surface area contributed by atoms with Crippen LogP contribution in [0.15, 0.2) is 47.9 Å². The van der Waals surface area contributed by atoms with Gasteiger partial charge in [-0.15, -0.1) is 0 Å². The lowest BCUT2D eigenvalue weighted by atomic mass is 9.65. The molecular formula is C17H21N3O3S. The topological polar surface area (TPSA) is 73.2 Å². The molecular weight excluding hydrogens is 326 g/mol. The van der Waals surface area contributed by atoms with Crippen molar-refractivity contribution in [2.45, 2.75) is 30.0 Å². The molecule has 1 saturated heterocycles. The highest BCUT2D eigenvalue weighted by molar-refractivity contribution is 7.89. The number of aryl methyl sites for hydroxylation is 1. The van der Waals surface area contributed by atoms with Crippen LogP contribution in [0.2, 0.25) is 0 Å². The number of benzene rings is 1. The molecule has 0 amide bonds. The fourth-order valence-electron chi connectivity index (χ4n) is 3.90. The highest BCUT2D eigenvalue weighted by atomic mass is 32.2. The number of nitrogens with zero attached hydrogens (tertiary/aromatic N) is 2. The molecule has 6 nitrogen and oxygen atoms in total. The Morgan fingerprint density at radius 3 is 2.83 bits per heavy atom. The van der Waals surface area contributed by atoms with Crippen LogP contribution in [0.5, 0.6) is 0 Å². The summed E-state index contributed by atoms with van der Waals surface area (Å²) in [5, 5.41) is 0.0748. The fraction of sp³-hybridized carbons (Fsp3) is 0.471. The normalized spacial score (nSPS) is 29.2. The molecule has 1 N–H and O–H groups in total. The summed E-state index contributed by atoms with van der Waals surface area (Å²) in [7, 11) is -1.84. The monoisotopic (exact) mass is 347 g/mol. The molecule has 0 bridgehead atoms. The van der Waals surface area contributed by atoms with Crippen molar-refractivity contribution < 1.29 is 13.2 Å². The van der Waals surface area contributed by atoms with E-state index in [2.05, 4.69) is 21.8 Å². The average molecular weight is 347 g/mol. The van der Waals surface area contributed by atoms with Crippen LogP contribution in [0.4, 0.5) is 0 Å². The highest BCUT2D eigenvalue weighted by Gasteiger charge is 2.54. The third-order valence-electron chi connectivity index (χ3n) is 5.09. The first kappa shape index (κ1) is 15.8. The van der Waals surface area contributed by atoms with Crippen molar-refractivity contribution in [2.75, 3.05) is 6.61 Å². The van der Waals surface area contributed by atoms with E-state index in [4.69, 9.17) is 4.74 Å². The predicted octanol–water partition coefficient (Wildman–Crippen LogP) is 1.34. The third-order valence-corrected chi connectivity index (χ3v) is 6.43. The van der Waals surface area contributed by atoms with Gasteiger partial charge >= 0.3 is 0 Å². The van der Waals surface area contributed by atoms with Gasteiger partial charge in [-0.3, -0.25) is 0 Å². The Balaban J connectivity index is 1.54. The predicted molar refractivity (Wildman–Crippen MR) is 88.8 cm³/mol. The smallest absolute Gasteiger partial charge is 0.259 e. The number of nitrogens with one attached hydrogen (secondary N) is 1. The lowest BCUT2D eigenvalue weighted by Crippen LogP contribution is -2.61. The van der Waals surface area contributed by atoms with Gasteiger partial charge in [0.1, 0.15) is 0 Å². The molecule has 128 valence electrons. The molecule has 2 heterocycles. The van der Waals surface area contributed by atoms with Crippen molar-refractivity contribution in [1.82, 2.24) is 14.3 Å². The third kappa shape index (κ3) is 2.76. The second kappa shape index (κ2) is 5.98. The molecule has 1 aliphatic heterocycles. The second-order valence-corrected chi connectivity index (χ2v) is 8.33. The Bertz CT molecular complexity index is 819. The van der Waals surface area contributed by atoms with E-state index in [1.807, 2.05) is 18.2 Å². The quantitative estimate of drug-likeness (QED) is 0.886. The number of sulfonamides is 1. The lowest BCUT2D eigenvalue weighted by molar-refractivity contribution is -0.0484. The molecule has 2 aliphatic rings. The van der Waals surface area contributed by atoms with Crippen molar-refractivity contribution in [3.63, 3.8) is 0 Å². The van der Waals surface area contributed by atoms with Crippen molar-refractivity contribution in [1.29, 1.82) is 0 Å². The minimum Gasteiger partial charge on any atom is -0.377 e. The summed E-state index contributed by atoms with van der Waals surface area (Å²) in [6, 6.07) is 10.1. The molecule has 0 spiro atoms. The van der Waals surface area contributed by atoms with Gasteiger partial charge in [0, 0.05) is 37.7 Å². The number of fused-ring (bicyclic) bond motifs is 1. The van der Waals surface area contributed by atoms with Gasteiger partial charge in [0.15, 0.2) is 5.03 Å². The van der Waals surface area contributed by atoms with Gasteiger partial charge in [-0.1, -0.05) is 30.3 Å². The summed E-state index contributed by atoms with van der Waals surface area (Å²) in [6.07, 6.45) is 4.90. The van der Waals surface area contributed by atoms with Crippen LogP contribution in [-0.2, 0) is 28.2 Å². The first-order valence-electron chi connectivity index (χ1n) is 8.20. The van der Waals surface area contributed by atoms with E-state index in [1.165, 1.54) is 18.1 Å². The maximum atomic E-state index is 12.6. The molecule has 1 aromatic heterocycles. The molecule has 24 heavy (non-hydrogen) atoms. The molecule has 4 atom stereocenters. The highest BCUT2D eigenvalue weighted by Crippen LogP contribution is 2.45. The molecule has 1 saturated carbocycles. The van der Waals surface area contributed by atoms with Gasteiger partial charge in [-0.2, -0.15) is 0 Å². The number of hydrogen-bond acceptors (Lipinski definition) is 4. The summed E-state index contributed by atoms with van der Waals surface area (Å²) >= 11 is 0. The van der Waals surface area contributed by atoms with Crippen LogP contribution in [0.25, 0.3) is 0 Å². The number of ether oxygens (including phenoxy) is 1. The van der Waals surface area contributed by atoms with E-state index < -0.39 is 10.0 Å². The van der Waals surface area contributed by atoms with E-state index in [1.54, 1.807) is 11.6 Å². The molecule has 4 rings (SSSR count). The van der Waals surface area contributed by atoms with E-state index in [0.717, 1.165) is 12.8 Å². The second-order valence-electron chi connectivity index (χ2n) is 6.67. The van der Waals surface area contributed by atoms with E-state index in [9.17, 15) is 8.42 Å². The Labute approximate surface area is 141 Å². The van der Waals surface area contributed by atoms with Crippen LogP contribution in [-0.4, -0.2) is 36.7 Å². The molecule has 2 aromatic rings. The van der Waals surface area contributed by atoms with Crippen LogP contribution < -0.4 is 4.72 Å². The summed E-state index contributed by atoms with van der Waals surface area (Å²) in [6.45, 7) is 0.711. The zero-order chi connectivity index (χ0) is 16.7. The maximum Gasteiger partial charge on any atom is 0.259 e. The number of imidazole rings is 1. The van der Waals surface area contributed by atoms with Gasteiger partial charge in [-0.05, 0) is 18.4 Å². The zero-order valence-corrected chi connectivity index (χ0v) is 14.3. The first-order valence-corrected chi connectivity index (χ1v) is 9.69. The largest absolute Gasteiger partial charge is 0.377 e. The van der Waals surface area contributed by atoms with Crippen molar-refractivity contribution in [3.8, 4) is 0 Å². The van der Waals surface area contributed by atoms with Gasteiger partial charge in [0.25, 0.3) is 10.0 Å². The average Bonchev–Trinajstić information content (AvgIpc) is 3.19. The zero-order valence-electron chi connectivity index (χ0n) is 13.5. The molecule has 2 fully saturated rings. The Hall–Kier alpha value is -1.70. The van der Waals surface area contributed by atoms with Crippen LogP contribution in [0.1, 0.15) is 12.0 Å². The van der Waals surface area contributed by atoms with Crippen molar-refractivity contribution in [2.24, 2.45) is 18.9 Å². The molecule has 1 aliphatic carbocycles. The van der Waals surface area contributed by atoms with Crippen molar-refractivity contribution in [3.05, 3.63) is 48.4 Å². The molecule has 0 radical (unpaired) electrons. The Morgan fingerprint density at radius 1 is 1.33 bits per heavy atom. The summed E-state index contributed by atoms with van der Waals surface area (Å²) < 4.78 is 35.6. The fourth-order valence-corrected chi connectivity index (χ4v) is 5.22. The van der Waals surface area contributed by atoms with Gasteiger partial charge < -0.3 is 9.30 Å². The van der Waals surface area contributed by atoms with E-state index in [-0.39, 0.29) is 29.0 Å². The lowest BCUT2D eigenvalue weighted by Gasteiger charge is -2.47. The van der Waals surface area contributed by atoms with Gasteiger partial charge in [0.05, 0.1) is 12.4 Å². The number of rotatable bonds is 5. The number of aromatic nitrogens is 2. The van der Waals surface area contributed by atoms with Crippen molar-refractivity contribution >= 4 is 10.0 Å². The Morgan fingerprint density at radius 2 is 2.12 bits per heavy atom. The van der Waals surface area contributed by atoms with Crippen LogP contribution in [0.3, 0.4) is 0 Å². The molecule has 0 unspecified atom stereocenters. The van der Waals surface area contributed by atoms with E-state index in [0.29, 0.717) is 6.61 Å². The molecule has 1 aromatic carbocycles. The SMILES string of the molecule is Cn1cnc(S(=O)(=O)N[C@@H]2[C@@H](Cc3ccccc3)[C@H]3OCC[C@@H]23)c1. The Kier molecular flexibility index (Phi) is 3.94. The number of hydrogen-bond donors (Lipinski definition) is 1. The minimum absolute atomic E-state index is 0.0748. The first-order chi connectivity index (χ1) is 11.5. The summed E-state index contributed by atoms with van der Waals surface area (Å²) in [5.74, 6) is 0.426. The van der Waals surface area contributed by atoms with Crippen LogP contribution in [0, 0.1) is 11.8 Å². The van der Waals surface area contributed by atoms with Gasteiger partial charge in [-0.25, -0.2) is 18.1 Å². The standard InChI is InChI=1S/C17H21N3O3S/c1-20-10-15(18-11-20)24(21,22)19-16-13-7-8-23-17(13)14(16)9-12-5-3-2-4-6-12/h2-6,10-11,13-14,16-17,19H,7-9H2,1H3/t13-,14+,16-,17-/m0/s1. The van der Waals surface area contributed by atoms with Crippen LogP contribution >= 0.6 is 0 Å². The summed E-state index contributed by atoms with van der Waals surface area (Å²) in [4.78, 5) is 3.97. The van der Waals surface area contributed by atoms with Gasteiger partial charge in [0.2, 0.25) is 0 Å². The van der Waals surface area contributed by atoms with E-state index >= 15 is 0 Å². The minimum atomic E-state index is -3.60.